The van der Waals surface area contributed by atoms with Crippen molar-refractivity contribution < 1.29 is 24.0 Å². The third-order valence-electron chi connectivity index (χ3n) is 3.45. The van der Waals surface area contributed by atoms with Crippen LogP contribution < -0.4 is 5.32 Å². The summed E-state index contributed by atoms with van der Waals surface area (Å²) in [7, 11) is 0. The van der Waals surface area contributed by atoms with E-state index in [0.29, 0.717) is 4.88 Å². The number of nitrogens with zero attached hydrogens (tertiary/aromatic N) is 1. The van der Waals surface area contributed by atoms with Crippen molar-refractivity contribution in [3.05, 3.63) is 55.7 Å². The van der Waals surface area contributed by atoms with E-state index in [1.54, 1.807) is 17.5 Å². The van der Waals surface area contributed by atoms with Gasteiger partial charge in [0, 0.05) is 18.6 Å². The molecular formula is C17H15ClN2O6S. The predicted molar refractivity (Wildman–Crippen MR) is 100 cm³/mol. The average Bonchev–Trinajstić information content (AvgIpc) is 3.15. The fourth-order valence-corrected chi connectivity index (χ4v) is 2.96. The van der Waals surface area contributed by atoms with E-state index in [9.17, 15) is 24.5 Å². The summed E-state index contributed by atoms with van der Waals surface area (Å²) in [5.74, 6) is -1.50. The van der Waals surface area contributed by atoms with E-state index in [4.69, 9.17) is 16.3 Å². The number of non-ortho nitro benzene ring substituents is 1. The summed E-state index contributed by atoms with van der Waals surface area (Å²) in [6, 6.07) is 6.99. The zero-order valence-corrected chi connectivity index (χ0v) is 15.7. The number of hydrogen-bond donors (Lipinski definition) is 1. The van der Waals surface area contributed by atoms with E-state index in [1.165, 1.54) is 30.4 Å². The van der Waals surface area contributed by atoms with Crippen LogP contribution in [0.4, 0.5) is 11.4 Å². The van der Waals surface area contributed by atoms with Crippen LogP contribution >= 0.6 is 22.9 Å². The maximum Gasteiger partial charge on any atom is 0.307 e. The molecule has 0 saturated heterocycles. The van der Waals surface area contributed by atoms with Crippen molar-refractivity contribution in [1.82, 2.24) is 0 Å². The number of carbonyl (C=O) groups excluding carboxylic acids is 3. The molecule has 1 aromatic carbocycles. The third-order valence-corrected chi connectivity index (χ3v) is 4.67. The van der Waals surface area contributed by atoms with E-state index in [1.807, 2.05) is 0 Å². The molecule has 2 rings (SSSR count). The summed E-state index contributed by atoms with van der Waals surface area (Å²) in [5.41, 5.74) is -0.0593. The van der Waals surface area contributed by atoms with Gasteiger partial charge < -0.3 is 10.1 Å². The van der Waals surface area contributed by atoms with Gasteiger partial charge in [-0.15, -0.1) is 11.3 Å². The molecule has 0 aliphatic rings. The van der Waals surface area contributed by atoms with Gasteiger partial charge >= 0.3 is 5.97 Å². The monoisotopic (exact) mass is 410 g/mol. The molecule has 10 heteroatoms. The number of ether oxygens (including phenoxy) is 1. The van der Waals surface area contributed by atoms with Gasteiger partial charge in [-0.3, -0.25) is 24.5 Å². The Morgan fingerprint density at radius 3 is 2.63 bits per heavy atom. The number of benzene rings is 1. The number of ketones is 1. The van der Waals surface area contributed by atoms with Crippen LogP contribution in [-0.2, 0) is 14.3 Å². The molecular weight excluding hydrogens is 396 g/mol. The van der Waals surface area contributed by atoms with Crippen molar-refractivity contribution in [2.75, 3.05) is 5.32 Å². The molecule has 0 saturated carbocycles. The van der Waals surface area contributed by atoms with Gasteiger partial charge in [0.25, 0.3) is 11.6 Å². The molecule has 1 atom stereocenters. The number of carbonyl (C=O) groups is 3. The Kier molecular flexibility index (Phi) is 7.03. The summed E-state index contributed by atoms with van der Waals surface area (Å²) in [6.45, 7) is 1.37. The minimum atomic E-state index is -1.12. The lowest BCUT2D eigenvalue weighted by Crippen LogP contribution is -2.30. The van der Waals surface area contributed by atoms with Crippen molar-refractivity contribution in [3.8, 4) is 0 Å². The first-order valence-corrected chi connectivity index (χ1v) is 9.04. The number of hydrogen-bond acceptors (Lipinski definition) is 7. The Balaban J connectivity index is 1.85. The van der Waals surface area contributed by atoms with E-state index >= 15 is 0 Å². The Labute approximate surface area is 163 Å². The first kappa shape index (κ1) is 20.5. The summed E-state index contributed by atoms with van der Waals surface area (Å²) in [4.78, 5) is 46.4. The van der Waals surface area contributed by atoms with Gasteiger partial charge in [-0.05, 0) is 24.4 Å². The smallest absolute Gasteiger partial charge is 0.307 e. The van der Waals surface area contributed by atoms with Crippen LogP contribution in [0, 0.1) is 10.1 Å². The van der Waals surface area contributed by atoms with Crippen LogP contribution in [-0.4, -0.2) is 28.7 Å². The van der Waals surface area contributed by atoms with E-state index in [2.05, 4.69) is 5.32 Å². The summed E-state index contributed by atoms with van der Waals surface area (Å²) < 4.78 is 5.00. The normalized spacial score (nSPS) is 11.5. The standard InChI is InChI=1S/C17H15ClN2O6S/c1-10(26-16(22)7-6-14(21)15-3-2-8-27-15)17(23)19-13-5-4-11(20(24)25)9-12(13)18/h2-5,8-10H,6-7H2,1H3,(H,19,23). The van der Waals surface area contributed by atoms with Crippen LogP contribution in [0.2, 0.25) is 5.02 Å². The zero-order valence-electron chi connectivity index (χ0n) is 14.1. The highest BCUT2D eigenvalue weighted by Crippen LogP contribution is 2.26. The van der Waals surface area contributed by atoms with E-state index in [0.717, 1.165) is 6.07 Å². The van der Waals surface area contributed by atoms with E-state index < -0.39 is 22.9 Å². The number of anilines is 1. The molecule has 2 aromatic rings. The molecule has 0 aliphatic carbocycles. The average molecular weight is 411 g/mol. The Morgan fingerprint density at radius 1 is 1.30 bits per heavy atom. The molecule has 1 aromatic heterocycles. The van der Waals surface area contributed by atoms with Crippen molar-refractivity contribution in [3.63, 3.8) is 0 Å². The SMILES string of the molecule is CC(OC(=O)CCC(=O)c1cccs1)C(=O)Nc1ccc([N+](=O)[O-])cc1Cl. The first-order chi connectivity index (χ1) is 12.8. The molecule has 8 nitrogen and oxygen atoms in total. The van der Waals surface area contributed by atoms with Gasteiger partial charge in [0.1, 0.15) is 0 Å². The lowest BCUT2D eigenvalue weighted by atomic mass is 10.2. The summed E-state index contributed by atoms with van der Waals surface area (Å²) >= 11 is 7.18. The molecule has 0 bridgehead atoms. The molecule has 1 unspecified atom stereocenters. The number of halogens is 1. The summed E-state index contributed by atoms with van der Waals surface area (Å²) in [5, 5.41) is 14.9. The molecule has 1 N–H and O–H groups in total. The number of Topliss-reactive ketones (excluding diaryl/α,β-unsaturated/α-hetero) is 1. The minimum Gasteiger partial charge on any atom is -0.453 e. The highest BCUT2D eigenvalue weighted by atomic mass is 35.5. The zero-order chi connectivity index (χ0) is 20.0. The largest absolute Gasteiger partial charge is 0.453 e. The van der Waals surface area contributed by atoms with Gasteiger partial charge in [-0.1, -0.05) is 17.7 Å². The number of esters is 1. The van der Waals surface area contributed by atoms with Crippen LogP contribution in [0.5, 0.6) is 0 Å². The number of nitro groups is 1. The molecule has 0 spiro atoms. The van der Waals surface area contributed by atoms with Crippen molar-refractivity contribution in [2.45, 2.75) is 25.9 Å². The molecule has 1 amide bonds. The van der Waals surface area contributed by atoms with E-state index in [-0.39, 0.29) is 35.0 Å². The molecule has 0 aliphatic heterocycles. The van der Waals surface area contributed by atoms with Gasteiger partial charge in [0.2, 0.25) is 0 Å². The topological polar surface area (TPSA) is 116 Å². The Hall–Kier alpha value is -2.78. The molecule has 0 radical (unpaired) electrons. The molecule has 142 valence electrons. The van der Waals surface area contributed by atoms with Crippen LogP contribution in [0.3, 0.4) is 0 Å². The molecule has 0 fully saturated rings. The minimum absolute atomic E-state index is 0.0120. The fourth-order valence-electron chi connectivity index (χ4n) is 2.04. The van der Waals surface area contributed by atoms with Crippen molar-refractivity contribution in [1.29, 1.82) is 0 Å². The Morgan fingerprint density at radius 2 is 2.04 bits per heavy atom. The van der Waals surface area contributed by atoms with Gasteiger partial charge in [0.15, 0.2) is 11.9 Å². The highest BCUT2D eigenvalue weighted by Gasteiger charge is 2.20. The number of rotatable bonds is 8. The third kappa shape index (κ3) is 5.87. The maximum absolute atomic E-state index is 12.1. The highest BCUT2D eigenvalue weighted by molar-refractivity contribution is 7.12. The van der Waals surface area contributed by atoms with Gasteiger partial charge in [-0.25, -0.2) is 0 Å². The maximum atomic E-state index is 12.1. The lowest BCUT2D eigenvalue weighted by Gasteiger charge is -2.14. The quantitative estimate of drug-likeness (QED) is 0.306. The second kappa shape index (κ2) is 9.24. The predicted octanol–water partition coefficient (Wildman–Crippen LogP) is 3.84. The van der Waals surface area contributed by atoms with Crippen molar-refractivity contribution >= 4 is 52.0 Å². The number of nitro benzene ring substituents is 1. The van der Waals surface area contributed by atoms with Crippen LogP contribution in [0.15, 0.2) is 35.7 Å². The van der Waals surface area contributed by atoms with Crippen molar-refractivity contribution in [2.24, 2.45) is 0 Å². The second-order valence-corrected chi connectivity index (χ2v) is 6.80. The fraction of sp³-hybridized carbons (Fsp3) is 0.235. The lowest BCUT2D eigenvalue weighted by molar-refractivity contribution is -0.384. The van der Waals surface area contributed by atoms with Crippen LogP contribution in [0.25, 0.3) is 0 Å². The molecule has 27 heavy (non-hydrogen) atoms. The summed E-state index contributed by atoms with van der Waals surface area (Å²) in [6.07, 6.45) is -1.28. The van der Waals surface area contributed by atoms with Gasteiger partial charge in [0.05, 0.1) is 26.9 Å². The van der Waals surface area contributed by atoms with Gasteiger partial charge in [-0.2, -0.15) is 0 Å². The number of thiophene rings is 1. The first-order valence-electron chi connectivity index (χ1n) is 7.79. The van der Waals surface area contributed by atoms with Crippen LogP contribution in [0.1, 0.15) is 29.4 Å². The number of nitrogens with one attached hydrogen (secondary N) is 1. The Bertz CT molecular complexity index is 868. The second-order valence-electron chi connectivity index (χ2n) is 5.44. The molecule has 1 heterocycles. The number of amides is 1.